The van der Waals surface area contributed by atoms with E-state index in [9.17, 15) is 17.2 Å². The highest BCUT2D eigenvalue weighted by Crippen LogP contribution is 2.10. The molecule has 1 aromatic rings. The minimum atomic E-state index is -3.53. The lowest BCUT2D eigenvalue weighted by atomic mass is 10.1. The van der Waals surface area contributed by atoms with Crippen LogP contribution < -0.4 is 0 Å². The Morgan fingerprint density at radius 2 is 2.00 bits per heavy atom. The van der Waals surface area contributed by atoms with Crippen LogP contribution >= 0.6 is 0 Å². The van der Waals surface area contributed by atoms with Gasteiger partial charge >= 0.3 is 0 Å². The highest BCUT2D eigenvalue weighted by Gasteiger charge is 2.06. The van der Waals surface area contributed by atoms with Gasteiger partial charge in [0.05, 0.1) is 12.9 Å². The van der Waals surface area contributed by atoms with E-state index < -0.39 is 21.8 Å². The van der Waals surface area contributed by atoms with Gasteiger partial charge < -0.3 is 0 Å². The molecular weight excluding hydrogens is 226 g/mol. The molecular formula is C9H10F2O3S. The van der Waals surface area contributed by atoms with Crippen LogP contribution in [0, 0.1) is 11.6 Å². The van der Waals surface area contributed by atoms with Crippen molar-refractivity contribution in [1.82, 2.24) is 0 Å². The second kappa shape index (κ2) is 4.67. The van der Waals surface area contributed by atoms with E-state index in [-0.39, 0.29) is 18.6 Å². The molecule has 0 amide bonds. The summed E-state index contributed by atoms with van der Waals surface area (Å²) in [5, 5.41) is 0. The summed E-state index contributed by atoms with van der Waals surface area (Å²) < 4.78 is 51.3. The molecule has 1 aromatic carbocycles. The third kappa shape index (κ3) is 4.35. The molecule has 0 fully saturated rings. The maximum Gasteiger partial charge on any atom is 0.264 e. The van der Waals surface area contributed by atoms with Crippen molar-refractivity contribution in [1.29, 1.82) is 0 Å². The van der Waals surface area contributed by atoms with Gasteiger partial charge in [0.15, 0.2) is 0 Å². The Hall–Kier alpha value is -1.01. The van der Waals surface area contributed by atoms with Crippen molar-refractivity contribution in [3.63, 3.8) is 0 Å². The van der Waals surface area contributed by atoms with Gasteiger partial charge in [-0.2, -0.15) is 8.42 Å². The molecule has 84 valence electrons. The molecule has 3 nitrogen and oxygen atoms in total. The molecule has 0 spiro atoms. The third-order valence-electron chi connectivity index (χ3n) is 1.68. The van der Waals surface area contributed by atoms with Crippen LogP contribution in [0.5, 0.6) is 0 Å². The zero-order chi connectivity index (χ0) is 11.5. The van der Waals surface area contributed by atoms with Crippen molar-refractivity contribution >= 4 is 10.1 Å². The normalized spacial score (nSPS) is 11.7. The highest BCUT2D eigenvalue weighted by atomic mass is 32.2. The molecule has 0 aliphatic heterocycles. The predicted octanol–water partition coefficient (Wildman–Crippen LogP) is 1.48. The van der Waals surface area contributed by atoms with Gasteiger partial charge in [0.25, 0.3) is 10.1 Å². The minimum absolute atomic E-state index is 0.0106. The third-order valence-corrected chi connectivity index (χ3v) is 2.27. The molecule has 0 unspecified atom stereocenters. The Labute approximate surface area is 86.8 Å². The van der Waals surface area contributed by atoms with Crippen molar-refractivity contribution in [3.05, 3.63) is 35.4 Å². The van der Waals surface area contributed by atoms with E-state index in [0.29, 0.717) is 0 Å². The Balaban J connectivity index is 2.61. The smallest absolute Gasteiger partial charge is 0.264 e. The molecule has 0 saturated heterocycles. The summed E-state index contributed by atoms with van der Waals surface area (Å²) in [5.41, 5.74) is 0.0960. The Kier molecular flexibility index (Phi) is 3.76. The topological polar surface area (TPSA) is 43.4 Å². The van der Waals surface area contributed by atoms with Crippen LogP contribution in [0.25, 0.3) is 0 Å². The number of benzene rings is 1. The van der Waals surface area contributed by atoms with Gasteiger partial charge in [-0.3, -0.25) is 4.18 Å². The van der Waals surface area contributed by atoms with Crippen LogP contribution in [-0.4, -0.2) is 21.3 Å². The number of halogens is 2. The first-order valence-corrected chi connectivity index (χ1v) is 5.98. The monoisotopic (exact) mass is 236 g/mol. The molecule has 0 aliphatic carbocycles. The first-order chi connectivity index (χ1) is 6.88. The van der Waals surface area contributed by atoms with Crippen molar-refractivity contribution in [2.24, 2.45) is 0 Å². The van der Waals surface area contributed by atoms with E-state index in [4.69, 9.17) is 0 Å². The van der Waals surface area contributed by atoms with Crippen molar-refractivity contribution in [2.75, 3.05) is 12.9 Å². The van der Waals surface area contributed by atoms with Gasteiger partial charge in [0, 0.05) is 6.42 Å². The van der Waals surface area contributed by atoms with E-state index in [1.165, 1.54) is 0 Å². The molecule has 0 radical (unpaired) electrons. The van der Waals surface area contributed by atoms with Gasteiger partial charge in [0.1, 0.15) is 11.6 Å². The van der Waals surface area contributed by atoms with Crippen molar-refractivity contribution in [3.8, 4) is 0 Å². The molecule has 0 bridgehead atoms. The Morgan fingerprint density at radius 3 is 2.60 bits per heavy atom. The summed E-state index contributed by atoms with van der Waals surface area (Å²) in [6.07, 6.45) is 0.908. The van der Waals surface area contributed by atoms with E-state index >= 15 is 0 Å². The molecule has 0 N–H and O–H groups in total. The van der Waals surface area contributed by atoms with Crippen molar-refractivity contribution in [2.45, 2.75) is 6.42 Å². The lowest BCUT2D eigenvalue weighted by Gasteiger charge is -2.03. The zero-order valence-electron chi connectivity index (χ0n) is 8.04. The molecule has 15 heavy (non-hydrogen) atoms. The summed E-state index contributed by atoms with van der Waals surface area (Å²) in [6.45, 7) is -0.195. The number of hydrogen-bond donors (Lipinski definition) is 0. The fourth-order valence-corrected chi connectivity index (χ4v) is 1.42. The lowest BCUT2D eigenvalue weighted by molar-refractivity contribution is 0.323. The first-order valence-electron chi connectivity index (χ1n) is 4.17. The van der Waals surface area contributed by atoms with Gasteiger partial charge in [0.2, 0.25) is 0 Å². The number of rotatable bonds is 4. The van der Waals surface area contributed by atoms with E-state index in [2.05, 4.69) is 4.18 Å². The SMILES string of the molecule is CS(=O)(=O)OCCc1cc(F)ccc1F. The van der Waals surface area contributed by atoms with Crippen LogP contribution in [0.1, 0.15) is 5.56 Å². The van der Waals surface area contributed by atoms with Gasteiger partial charge in [-0.05, 0) is 23.8 Å². The second-order valence-corrected chi connectivity index (χ2v) is 4.66. The highest BCUT2D eigenvalue weighted by molar-refractivity contribution is 7.85. The van der Waals surface area contributed by atoms with Crippen LogP contribution in [0.4, 0.5) is 8.78 Å². The van der Waals surface area contributed by atoms with Gasteiger partial charge in [-0.15, -0.1) is 0 Å². The quantitative estimate of drug-likeness (QED) is 0.744. The predicted molar refractivity (Wildman–Crippen MR) is 50.9 cm³/mol. The minimum Gasteiger partial charge on any atom is -0.270 e. The van der Waals surface area contributed by atoms with Gasteiger partial charge in [-0.1, -0.05) is 0 Å². The molecule has 0 aromatic heterocycles. The standard InChI is InChI=1S/C9H10F2O3S/c1-15(12,13)14-5-4-7-6-8(10)2-3-9(7)11/h2-3,6H,4-5H2,1H3. The molecule has 1 rings (SSSR count). The fourth-order valence-electron chi connectivity index (χ4n) is 1.04. The molecule has 6 heteroatoms. The maximum absolute atomic E-state index is 13.0. The zero-order valence-corrected chi connectivity index (χ0v) is 8.85. The molecule has 0 heterocycles. The molecule has 0 aliphatic rings. The Bertz CT molecular complexity index is 443. The summed E-state index contributed by atoms with van der Waals surface area (Å²) in [7, 11) is -3.53. The van der Waals surface area contributed by atoms with E-state index in [0.717, 1.165) is 24.5 Å². The maximum atomic E-state index is 13.0. The first kappa shape index (κ1) is 12.1. The van der Waals surface area contributed by atoms with Crippen molar-refractivity contribution < 1.29 is 21.4 Å². The summed E-state index contributed by atoms with van der Waals surface area (Å²) >= 11 is 0. The molecule has 0 saturated carbocycles. The lowest BCUT2D eigenvalue weighted by Crippen LogP contribution is -2.07. The second-order valence-electron chi connectivity index (χ2n) is 3.01. The van der Waals surface area contributed by atoms with Crippen LogP contribution in [-0.2, 0) is 20.7 Å². The van der Waals surface area contributed by atoms with Gasteiger partial charge in [-0.25, -0.2) is 8.78 Å². The van der Waals surface area contributed by atoms with E-state index in [1.807, 2.05) is 0 Å². The summed E-state index contributed by atoms with van der Waals surface area (Å²) in [5.74, 6) is -1.14. The van der Waals surface area contributed by atoms with Crippen LogP contribution in [0.3, 0.4) is 0 Å². The summed E-state index contributed by atoms with van der Waals surface area (Å²) in [4.78, 5) is 0. The molecule has 0 atom stereocenters. The fraction of sp³-hybridized carbons (Fsp3) is 0.333. The average Bonchev–Trinajstić information content (AvgIpc) is 2.09. The average molecular weight is 236 g/mol. The van der Waals surface area contributed by atoms with Crippen LogP contribution in [0.15, 0.2) is 18.2 Å². The number of hydrogen-bond acceptors (Lipinski definition) is 3. The van der Waals surface area contributed by atoms with E-state index in [1.54, 1.807) is 0 Å². The largest absolute Gasteiger partial charge is 0.270 e. The Morgan fingerprint density at radius 1 is 1.33 bits per heavy atom. The van der Waals surface area contributed by atoms with Crippen LogP contribution in [0.2, 0.25) is 0 Å². The summed E-state index contributed by atoms with van der Waals surface area (Å²) in [6, 6.07) is 3.00.